The van der Waals surface area contributed by atoms with Crippen molar-refractivity contribution in [3.8, 4) is 0 Å². The third kappa shape index (κ3) is 3.69. The Balaban J connectivity index is 1.98. The summed E-state index contributed by atoms with van der Waals surface area (Å²) < 4.78 is 1.20. The van der Waals surface area contributed by atoms with Gasteiger partial charge in [0.25, 0.3) is 0 Å². The molecule has 7 nitrogen and oxygen atoms in total. The number of nitrogens with one attached hydrogen (secondary N) is 1. The molecule has 1 amide bonds. The lowest BCUT2D eigenvalue weighted by Crippen LogP contribution is -2.30. The number of hydrogen-bond acceptors (Lipinski definition) is 4. The van der Waals surface area contributed by atoms with Gasteiger partial charge in [-0.3, -0.25) is 4.79 Å². The summed E-state index contributed by atoms with van der Waals surface area (Å²) in [6.45, 7) is 5.88. The van der Waals surface area contributed by atoms with E-state index in [-0.39, 0.29) is 24.2 Å². The first kappa shape index (κ1) is 15.7. The van der Waals surface area contributed by atoms with Crippen LogP contribution in [0.25, 0.3) is 0 Å². The van der Waals surface area contributed by atoms with Crippen LogP contribution in [-0.2, 0) is 11.3 Å². The van der Waals surface area contributed by atoms with E-state index in [9.17, 15) is 9.59 Å². The predicted octanol–water partition coefficient (Wildman–Crippen LogP) is 1.47. The second kappa shape index (κ2) is 6.38. The summed E-state index contributed by atoms with van der Waals surface area (Å²) in [6, 6.07) is 5.89. The predicted molar refractivity (Wildman–Crippen MR) is 79.5 cm³/mol. The monoisotopic (exact) mass is 302 g/mol. The minimum atomic E-state index is -1.17. The lowest BCUT2D eigenvalue weighted by Gasteiger charge is -2.15. The first-order valence-electron chi connectivity index (χ1n) is 6.86. The fraction of sp³-hybridized carbons (Fsp3) is 0.333. The fourth-order valence-corrected chi connectivity index (χ4v) is 2.03. The van der Waals surface area contributed by atoms with Crippen LogP contribution in [0.5, 0.6) is 0 Å². The Kier molecular flexibility index (Phi) is 4.55. The fourth-order valence-electron chi connectivity index (χ4n) is 2.03. The first-order chi connectivity index (χ1) is 10.4. The van der Waals surface area contributed by atoms with Crippen LogP contribution in [0.2, 0.25) is 0 Å². The van der Waals surface area contributed by atoms with Crippen LogP contribution >= 0.6 is 0 Å². The molecule has 1 unspecified atom stereocenters. The lowest BCUT2D eigenvalue weighted by atomic mass is 10.0. The number of hydrogen-bond donors (Lipinski definition) is 2. The van der Waals surface area contributed by atoms with Crippen molar-refractivity contribution in [1.29, 1.82) is 0 Å². The van der Waals surface area contributed by atoms with Crippen molar-refractivity contribution in [2.75, 3.05) is 0 Å². The average molecular weight is 302 g/mol. The molecule has 7 heteroatoms. The number of aryl methyl sites for hydroxylation is 2. The molecular weight excluding hydrogens is 284 g/mol. The number of nitrogens with zero attached hydrogens (tertiary/aromatic N) is 3. The number of aromatic nitrogens is 3. The van der Waals surface area contributed by atoms with Crippen LogP contribution in [0.15, 0.2) is 24.4 Å². The molecule has 2 N–H and O–H groups in total. The Bertz CT molecular complexity index is 709. The number of benzene rings is 1. The zero-order valence-corrected chi connectivity index (χ0v) is 12.7. The maximum Gasteiger partial charge on any atom is 0.358 e. The van der Waals surface area contributed by atoms with Crippen LogP contribution < -0.4 is 5.32 Å². The summed E-state index contributed by atoms with van der Waals surface area (Å²) in [5.74, 6) is -1.43. The van der Waals surface area contributed by atoms with Crippen LogP contribution in [0.3, 0.4) is 0 Å². The second-order valence-corrected chi connectivity index (χ2v) is 5.24. The van der Waals surface area contributed by atoms with Gasteiger partial charge in [0.1, 0.15) is 6.54 Å². The first-order valence-corrected chi connectivity index (χ1v) is 6.86. The van der Waals surface area contributed by atoms with Crippen LogP contribution in [0.4, 0.5) is 0 Å². The van der Waals surface area contributed by atoms with Gasteiger partial charge in [-0.15, -0.1) is 5.10 Å². The van der Waals surface area contributed by atoms with E-state index < -0.39 is 5.97 Å². The summed E-state index contributed by atoms with van der Waals surface area (Å²) in [7, 11) is 0. The molecule has 2 aromatic rings. The summed E-state index contributed by atoms with van der Waals surface area (Å²) >= 11 is 0. The largest absolute Gasteiger partial charge is 0.476 e. The topological polar surface area (TPSA) is 97.1 Å². The molecule has 1 aromatic heterocycles. The molecular formula is C15H18N4O3. The van der Waals surface area contributed by atoms with Gasteiger partial charge in [0.2, 0.25) is 5.91 Å². The highest BCUT2D eigenvalue weighted by Gasteiger charge is 2.13. The van der Waals surface area contributed by atoms with E-state index >= 15 is 0 Å². The van der Waals surface area contributed by atoms with Gasteiger partial charge in [0, 0.05) is 0 Å². The summed E-state index contributed by atoms with van der Waals surface area (Å²) in [5.41, 5.74) is 3.20. The standard InChI is InChI=1S/C15H18N4O3/c1-9-4-5-12(6-10(9)2)11(3)16-14(20)8-19-7-13(15(21)22)17-18-19/h4-7,11H,8H2,1-3H3,(H,16,20)(H,21,22). The zero-order valence-electron chi connectivity index (χ0n) is 12.7. The van der Waals surface area contributed by atoms with Gasteiger partial charge in [-0.05, 0) is 37.5 Å². The normalized spacial score (nSPS) is 12.0. The molecule has 0 fully saturated rings. The number of aromatic carboxylic acids is 1. The van der Waals surface area contributed by atoms with E-state index in [2.05, 4.69) is 15.6 Å². The van der Waals surface area contributed by atoms with E-state index in [0.717, 1.165) is 5.56 Å². The van der Waals surface area contributed by atoms with Crippen LogP contribution in [-0.4, -0.2) is 32.0 Å². The molecule has 1 aromatic carbocycles. The van der Waals surface area contributed by atoms with Crippen LogP contribution in [0, 0.1) is 13.8 Å². The molecule has 0 saturated carbocycles. The van der Waals surface area contributed by atoms with Crippen molar-refractivity contribution in [3.05, 3.63) is 46.8 Å². The van der Waals surface area contributed by atoms with Crippen molar-refractivity contribution in [1.82, 2.24) is 20.3 Å². The highest BCUT2D eigenvalue weighted by atomic mass is 16.4. The Morgan fingerprint density at radius 1 is 1.32 bits per heavy atom. The second-order valence-electron chi connectivity index (χ2n) is 5.24. The van der Waals surface area contributed by atoms with Gasteiger partial charge >= 0.3 is 5.97 Å². The van der Waals surface area contributed by atoms with Gasteiger partial charge in [0.05, 0.1) is 12.2 Å². The molecule has 1 atom stereocenters. The molecule has 1 heterocycles. The summed E-state index contributed by atoms with van der Waals surface area (Å²) in [4.78, 5) is 22.7. The lowest BCUT2D eigenvalue weighted by molar-refractivity contribution is -0.122. The Hall–Kier alpha value is -2.70. The number of amides is 1. The maximum atomic E-state index is 12.0. The van der Waals surface area contributed by atoms with Crippen molar-refractivity contribution < 1.29 is 14.7 Å². The quantitative estimate of drug-likeness (QED) is 0.871. The minimum Gasteiger partial charge on any atom is -0.476 e. The smallest absolute Gasteiger partial charge is 0.358 e. The maximum absolute atomic E-state index is 12.0. The minimum absolute atomic E-state index is 0.0739. The molecule has 0 radical (unpaired) electrons. The molecule has 0 aliphatic rings. The SMILES string of the molecule is Cc1ccc(C(C)NC(=O)Cn2cc(C(=O)O)nn2)cc1C. The number of carbonyl (C=O) groups excluding carboxylic acids is 1. The third-order valence-corrected chi connectivity index (χ3v) is 3.47. The summed E-state index contributed by atoms with van der Waals surface area (Å²) in [5, 5.41) is 18.7. The van der Waals surface area contributed by atoms with Gasteiger partial charge in [-0.1, -0.05) is 23.4 Å². The number of rotatable bonds is 5. The van der Waals surface area contributed by atoms with Crippen molar-refractivity contribution in [2.45, 2.75) is 33.4 Å². The van der Waals surface area contributed by atoms with E-state index in [0.29, 0.717) is 0 Å². The van der Waals surface area contributed by atoms with E-state index in [1.807, 2.05) is 39.0 Å². The van der Waals surface area contributed by atoms with E-state index in [1.165, 1.54) is 22.0 Å². The van der Waals surface area contributed by atoms with E-state index in [1.54, 1.807) is 0 Å². The van der Waals surface area contributed by atoms with Gasteiger partial charge in [0.15, 0.2) is 5.69 Å². The third-order valence-electron chi connectivity index (χ3n) is 3.47. The molecule has 0 spiro atoms. The van der Waals surface area contributed by atoms with Crippen molar-refractivity contribution in [2.24, 2.45) is 0 Å². The Morgan fingerprint density at radius 2 is 2.05 bits per heavy atom. The molecule has 0 bridgehead atoms. The van der Waals surface area contributed by atoms with E-state index in [4.69, 9.17) is 5.11 Å². The Morgan fingerprint density at radius 3 is 2.64 bits per heavy atom. The van der Waals surface area contributed by atoms with Gasteiger partial charge in [-0.25, -0.2) is 9.48 Å². The van der Waals surface area contributed by atoms with Crippen molar-refractivity contribution >= 4 is 11.9 Å². The highest BCUT2D eigenvalue weighted by Crippen LogP contribution is 2.16. The van der Waals surface area contributed by atoms with Gasteiger partial charge < -0.3 is 10.4 Å². The number of carboxylic acids is 1. The number of carbonyl (C=O) groups is 2. The van der Waals surface area contributed by atoms with Gasteiger partial charge in [-0.2, -0.15) is 0 Å². The molecule has 116 valence electrons. The van der Waals surface area contributed by atoms with Crippen molar-refractivity contribution in [3.63, 3.8) is 0 Å². The molecule has 2 rings (SSSR count). The number of carboxylic acid groups (broad SMARTS) is 1. The Labute approximate surface area is 128 Å². The zero-order chi connectivity index (χ0) is 16.3. The molecule has 0 saturated heterocycles. The molecule has 0 aliphatic carbocycles. The summed E-state index contributed by atoms with van der Waals surface area (Å²) in [6.07, 6.45) is 1.22. The molecule has 22 heavy (non-hydrogen) atoms. The highest BCUT2D eigenvalue weighted by molar-refractivity contribution is 5.84. The average Bonchev–Trinajstić information content (AvgIpc) is 2.90. The van der Waals surface area contributed by atoms with Crippen LogP contribution in [0.1, 0.15) is 40.1 Å². The molecule has 0 aliphatic heterocycles.